The van der Waals surface area contributed by atoms with Gasteiger partial charge in [0.2, 0.25) is 0 Å². The molecule has 2 N–H and O–H groups in total. The van der Waals surface area contributed by atoms with Gasteiger partial charge in [0.05, 0.1) is 24.8 Å². The summed E-state index contributed by atoms with van der Waals surface area (Å²) in [5.41, 5.74) is 7.02. The molecule has 0 spiro atoms. The van der Waals surface area contributed by atoms with E-state index >= 15 is 0 Å². The second-order valence-electron chi connectivity index (χ2n) is 5.70. The minimum atomic E-state index is -0.588. The van der Waals surface area contributed by atoms with Crippen molar-refractivity contribution < 1.29 is 9.53 Å². The molecule has 0 saturated carbocycles. The number of nitrogens with zero attached hydrogens (tertiary/aromatic N) is 2. The molecule has 5 nitrogen and oxygen atoms in total. The van der Waals surface area contributed by atoms with Gasteiger partial charge in [0.1, 0.15) is 15.9 Å². The van der Waals surface area contributed by atoms with E-state index in [1.54, 1.807) is 18.2 Å². The summed E-state index contributed by atoms with van der Waals surface area (Å²) in [6.07, 6.45) is 0. The second-order valence-corrected chi connectivity index (χ2v) is 7.55. The lowest BCUT2D eigenvalue weighted by Crippen LogP contribution is -2.43. The van der Waals surface area contributed by atoms with Crippen LogP contribution in [0.3, 0.4) is 0 Å². The van der Waals surface area contributed by atoms with Crippen molar-refractivity contribution in [3.05, 3.63) is 38.7 Å². The normalized spacial score (nSPS) is 17.4. The number of anilines is 1. The highest BCUT2D eigenvalue weighted by Crippen LogP contribution is 2.45. The number of hydrogen-bond donors (Lipinski definition) is 1. The summed E-state index contributed by atoms with van der Waals surface area (Å²) in [6, 6.07) is 7.27. The zero-order valence-electron chi connectivity index (χ0n) is 13.4. The van der Waals surface area contributed by atoms with E-state index in [9.17, 15) is 10.1 Å². The van der Waals surface area contributed by atoms with Gasteiger partial charge in [-0.05, 0) is 19.1 Å². The van der Waals surface area contributed by atoms with Crippen LogP contribution in [0.15, 0.2) is 18.2 Å². The SMILES string of the molecule is C[C@H]1COCCN1c1sc(C(N)=O)c(-c2ccc(Cl)cc2Cl)c1C#N. The lowest BCUT2D eigenvalue weighted by atomic mass is 10.0. The van der Waals surface area contributed by atoms with Crippen LogP contribution in [0.5, 0.6) is 0 Å². The summed E-state index contributed by atoms with van der Waals surface area (Å²) < 4.78 is 5.46. The number of hydrogen-bond acceptors (Lipinski definition) is 5. The molecule has 1 aliphatic rings. The van der Waals surface area contributed by atoms with Crippen LogP contribution in [0.25, 0.3) is 11.1 Å². The molecule has 2 aromatic rings. The Labute approximate surface area is 159 Å². The number of carbonyl (C=O) groups excluding carboxylic acids is 1. The van der Waals surface area contributed by atoms with Gasteiger partial charge in [0, 0.05) is 27.7 Å². The Bertz CT molecular complexity index is 876. The molecule has 1 saturated heterocycles. The topological polar surface area (TPSA) is 79.3 Å². The fourth-order valence-corrected chi connectivity index (χ4v) is 4.63. The molecule has 0 aliphatic carbocycles. The maximum Gasteiger partial charge on any atom is 0.259 e. The summed E-state index contributed by atoms with van der Waals surface area (Å²) in [4.78, 5) is 14.4. The second kappa shape index (κ2) is 7.22. The smallest absolute Gasteiger partial charge is 0.259 e. The molecular weight excluding hydrogens is 381 g/mol. The first-order chi connectivity index (χ1) is 11.9. The monoisotopic (exact) mass is 395 g/mol. The van der Waals surface area contributed by atoms with Gasteiger partial charge in [-0.1, -0.05) is 29.3 Å². The maximum absolute atomic E-state index is 12.0. The number of halogens is 2. The van der Waals surface area contributed by atoms with E-state index in [-0.39, 0.29) is 6.04 Å². The highest BCUT2D eigenvalue weighted by Gasteiger charge is 2.30. The van der Waals surface area contributed by atoms with Crippen LogP contribution in [0.1, 0.15) is 22.2 Å². The van der Waals surface area contributed by atoms with Crippen molar-refractivity contribution in [2.75, 3.05) is 24.7 Å². The quantitative estimate of drug-likeness (QED) is 0.853. The van der Waals surface area contributed by atoms with Crippen LogP contribution >= 0.6 is 34.5 Å². The molecule has 8 heteroatoms. The molecule has 1 fully saturated rings. The first kappa shape index (κ1) is 18.0. The standard InChI is InChI=1S/C17H15Cl2N3O2S/c1-9-8-24-5-4-22(9)17-12(7-20)14(15(25-17)16(21)23)11-3-2-10(18)6-13(11)19/h2-3,6,9H,4-5,8H2,1H3,(H2,21,23)/t9-/m0/s1. The average Bonchev–Trinajstić information content (AvgIpc) is 2.94. The summed E-state index contributed by atoms with van der Waals surface area (Å²) in [5.74, 6) is -0.588. The summed E-state index contributed by atoms with van der Waals surface area (Å²) >= 11 is 13.5. The van der Waals surface area contributed by atoms with Crippen LogP contribution in [0.2, 0.25) is 10.0 Å². The lowest BCUT2D eigenvalue weighted by molar-refractivity contribution is 0.0993. The molecular formula is C17H15Cl2N3O2S. The van der Waals surface area contributed by atoms with Gasteiger partial charge in [-0.25, -0.2) is 0 Å². The lowest BCUT2D eigenvalue weighted by Gasteiger charge is -2.34. The van der Waals surface area contributed by atoms with Crippen molar-refractivity contribution in [3.8, 4) is 17.2 Å². The summed E-state index contributed by atoms with van der Waals surface area (Å²) in [7, 11) is 0. The third-order valence-corrected chi connectivity index (χ3v) is 5.84. The Hall–Kier alpha value is -1.78. The van der Waals surface area contributed by atoms with Crippen LogP contribution in [0, 0.1) is 11.3 Å². The molecule has 0 radical (unpaired) electrons. The van der Waals surface area contributed by atoms with Crippen molar-refractivity contribution in [1.29, 1.82) is 5.26 Å². The number of ether oxygens (including phenoxy) is 1. The van der Waals surface area contributed by atoms with Crippen LogP contribution in [-0.4, -0.2) is 31.7 Å². The van der Waals surface area contributed by atoms with E-state index in [1.165, 1.54) is 11.3 Å². The van der Waals surface area contributed by atoms with Crippen molar-refractivity contribution in [1.82, 2.24) is 0 Å². The summed E-state index contributed by atoms with van der Waals surface area (Å²) in [6.45, 7) is 3.78. The number of nitriles is 1. The minimum Gasteiger partial charge on any atom is -0.377 e. The van der Waals surface area contributed by atoms with Crippen LogP contribution < -0.4 is 10.6 Å². The number of primary amides is 1. The zero-order chi connectivity index (χ0) is 18.1. The molecule has 1 atom stereocenters. The Morgan fingerprint density at radius 3 is 2.84 bits per heavy atom. The molecule has 130 valence electrons. The maximum atomic E-state index is 12.0. The largest absolute Gasteiger partial charge is 0.377 e. The molecule has 1 amide bonds. The molecule has 3 rings (SSSR count). The fourth-order valence-electron chi connectivity index (χ4n) is 2.88. The molecule has 0 bridgehead atoms. The van der Waals surface area contributed by atoms with Crippen molar-refractivity contribution in [2.45, 2.75) is 13.0 Å². The van der Waals surface area contributed by atoms with E-state index in [2.05, 4.69) is 11.0 Å². The Balaban J connectivity index is 2.24. The zero-order valence-corrected chi connectivity index (χ0v) is 15.7. The highest BCUT2D eigenvalue weighted by atomic mass is 35.5. The molecule has 25 heavy (non-hydrogen) atoms. The van der Waals surface area contributed by atoms with E-state index in [4.69, 9.17) is 33.7 Å². The predicted molar refractivity (Wildman–Crippen MR) is 101 cm³/mol. The summed E-state index contributed by atoms with van der Waals surface area (Å²) in [5, 5.41) is 11.4. The van der Waals surface area contributed by atoms with E-state index < -0.39 is 5.91 Å². The molecule has 2 heterocycles. The number of amides is 1. The molecule has 1 aliphatic heterocycles. The average molecular weight is 396 g/mol. The Morgan fingerprint density at radius 2 is 2.24 bits per heavy atom. The van der Waals surface area contributed by atoms with Crippen LogP contribution in [-0.2, 0) is 4.74 Å². The van der Waals surface area contributed by atoms with Gasteiger partial charge in [-0.15, -0.1) is 11.3 Å². The predicted octanol–water partition coefficient (Wildman–Crippen LogP) is 3.92. The highest BCUT2D eigenvalue weighted by molar-refractivity contribution is 7.19. The van der Waals surface area contributed by atoms with Gasteiger partial charge in [-0.2, -0.15) is 5.26 Å². The van der Waals surface area contributed by atoms with Gasteiger partial charge in [-0.3, -0.25) is 4.79 Å². The Kier molecular flexibility index (Phi) is 5.21. The number of rotatable bonds is 3. The number of thiophene rings is 1. The van der Waals surface area contributed by atoms with Crippen molar-refractivity contribution in [2.24, 2.45) is 5.73 Å². The number of carbonyl (C=O) groups is 1. The fraction of sp³-hybridized carbons (Fsp3) is 0.294. The minimum absolute atomic E-state index is 0.0915. The molecule has 0 unspecified atom stereocenters. The number of morpholine rings is 1. The molecule has 1 aromatic heterocycles. The van der Waals surface area contributed by atoms with E-state index in [0.29, 0.717) is 56.4 Å². The van der Waals surface area contributed by atoms with Crippen molar-refractivity contribution >= 4 is 45.4 Å². The van der Waals surface area contributed by atoms with Gasteiger partial charge in [0.15, 0.2) is 0 Å². The number of nitrogens with two attached hydrogens (primary N) is 1. The third-order valence-electron chi connectivity index (χ3n) is 4.05. The number of benzene rings is 1. The van der Waals surface area contributed by atoms with Crippen molar-refractivity contribution in [3.63, 3.8) is 0 Å². The van der Waals surface area contributed by atoms with Gasteiger partial charge < -0.3 is 15.4 Å². The van der Waals surface area contributed by atoms with E-state index in [1.807, 2.05) is 6.92 Å². The molecule has 1 aromatic carbocycles. The van der Waals surface area contributed by atoms with Gasteiger partial charge in [0.25, 0.3) is 5.91 Å². The first-order valence-corrected chi connectivity index (χ1v) is 9.17. The Morgan fingerprint density at radius 1 is 1.48 bits per heavy atom. The van der Waals surface area contributed by atoms with E-state index in [0.717, 1.165) is 0 Å². The third kappa shape index (κ3) is 3.33. The first-order valence-electron chi connectivity index (χ1n) is 7.60. The van der Waals surface area contributed by atoms with Gasteiger partial charge >= 0.3 is 0 Å². The van der Waals surface area contributed by atoms with Crippen LogP contribution in [0.4, 0.5) is 5.00 Å².